The summed E-state index contributed by atoms with van der Waals surface area (Å²) in [6.07, 6.45) is 16.6. The van der Waals surface area contributed by atoms with Crippen molar-refractivity contribution >= 4 is 5.91 Å². The fraction of sp³-hybridized carbons (Fsp3) is 0.857. The van der Waals surface area contributed by atoms with E-state index in [1.807, 2.05) is 0 Å². The monoisotopic (exact) mass is 437 g/mol. The molecule has 1 aromatic heterocycles. The number of aromatic nitrogens is 2. The second-order valence-electron chi connectivity index (χ2n) is 13.2. The maximum atomic E-state index is 13.8. The smallest absolute Gasteiger partial charge is 0.272 e. The van der Waals surface area contributed by atoms with Gasteiger partial charge in [0.2, 0.25) is 0 Å². The molecule has 1 N–H and O–H groups in total. The Morgan fingerprint density at radius 1 is 0.938 bits per heavy atom. The maximum Gasteiger partial charge on any atom is 0.272 e. The molecule has 1 aromatic rings. The lowest BCUT2D eigenvalue weighted by atomic mass is 9.54. The van der Waals surface area contributed by atoms with Gasteiger partial charge in [-0.3, -0.25) is 9.48 Å². The number of rotatable bonds is 3. The van der Waals surface area contributed by atoms with Crippen LogP contribution in [0.5, 0.6) is 0 Å². The molecule has 0 radical (unpaired) electrons. The molecule has 0 saturated heterocycles. The summed E-state index contributed by atoms with van der Waals surface area (Å²) in [5.74, 6) is 4.09. The van der Waals surface area contributed by atoms with Crippen LogP contribution in [-0.4, -0.2) is 21.7 Å². The molecule has 0 aromatic carbocycles. The first-order chi connectivity index (χ1) is 15.4. The van der Waals surface area contributed by atoms with Crippen LogP contribution in [0.2, 0.25) is 0 Å². The summed E-state index contributed by atoms with van der Waals surface area (Å²) in [4.78, 5) is 13.8. The quantitative estimate of drug-likeness (QED) is 0.621. The summed E-state index contributed by atoms with van der Waals surface area (Å²) in [5.41, 5.74) is 3.75. The van der Waals surface area contributed by atoms with Crippen LogP contribution in [0.4, 0.5) is 0 Å². The largest absolute Gasteiger partial charge is 0.347 e. The second-order valence-corrected chi connectivity index (χ2v) is 13.2. The van der Waals surface area contributed by atoms with E-state index in [4.69, 9.17) is 5.10 Å². The van der Waals surface area contributed by atoms with Gasteiger partial charge in [-0.2, -0.15) is 5.10 Å². The number of hydrogen-bond acceptors (Lipinski definition) is 2. The van der Waals surface area contributed by atoms with E-state index < -0.39 is 0 Å². The van der Waals surface area contributed by atoms with Crippen molar-refractivity contribution in [1.82, 2.24) is 15.1 Å². The summed E-state index contributed by atoms with van der Waals surface area (Å²) in [6, 6.07) is 0.902. The van der Waals surface area contributed by atoms with Crippen LogP contribution in [0.1, 0.15) is 119 Å². The van der Waals surface area contributed by atoms with Crippen LogP contribution >= 0.6 is 0 Å². The Kier molecular flexibility index (Phi) is 5.22. The van der Waals surface area contributed by atoms with Gasteiger partial charge in [0, 0.05) is 17.3 Å². The molecule has 6 aliphatic rings. The lowest BCUT2D eigenvalue weighted by Crippen LogP contribution is -2.56. The number of nitrogens with zero attached hydrogens (tertiary/aromatic N) is 2. The van der Waals surface area contributed by atoms with Crippen LogP contribution in [0.3, 0.4) is 0 Å². The summed E-state index contributed by atoms with van der Waals surface area (Å²) < 4.78 is 2.33. The fourth-order valence-corrected chi connectivity index (χ4v) is 8.57. The van der Waals surface area contributed by atoms with E-state index in [1.165, 1.54) is 81.9 Å². The lowest BCUT2D eigenvalue weighted by molar-refractivity contribution is -0.0120. The molecule has 1 atom stereocenters. The van der Waals surface area contributed by atoms with Gasteiger partial charge in [0.15, 0.2) is 5.69 Å². The number of carbonyl (C=O) groups is 1. The van der Waals surface area contributed by atoms with E-state index in [2.05, 4.69) is 30.8 Å². The molecular formula is C28H43N3O. The van der Waals surface area contributed by atoms with Gasteiger partial charge in [-0.25, -0.2) is 0 Å². The highest BCUT2D eigenvalue weighted by Gasteiger charge is 2.49. The third-order valence-corrected chi connectivity index (χ3v) is 10.2. The lowest BCUT2D eigenvalue weighted by Gasteiger charge is -2.54. The van der Waals surface area contributed by atoms with Crippen LogP contribution in [0.15, 0.2) is 0 Å². The van der Waals surface area contributed by atoms with E-state index in [9.17, 15) is 4.79 Å². The molecule has 5 saturated carbocycles. The molecule has 32 heavy (non-hydrogen) atoms. The van der Waals surface area contributed by atoms with Gasteiger partial charge in [-0.1, -0.05) is 40.0 Å². The minimum absolute atomic E-state index is 0.142. The highest BCUT2D eigenvalue weighted by atomic mass is 16.2. The SMILES string of the molecule is CC(C)(C)C1CCc2c(c(C(=O)NC3C4CC5CC(C4)CC3C5)nn2C2CCCCC2)C1. The Labute approximate surface area is 194 Å². The van der Waals surface area contributed by atoms with Crippen LogP contribution in [0, 0.1) is 35.0 Å². The molecule has 0 spiro atoms. The Morgan fingerprint density at radius 3 is 2.22 bits per heavy atom. The second kappa shape index (κ2) is 7.87. The average Bonchev–Trinajstić information content (AvgIpc) is 3.15. The summed E-state index contributed by atoms with van der Waals surface area (Å²) in [7, 11) is 0. The first-order valence-corrected chi connectivity index (χ1v) is 13.8. The molecular weight excluding hydrogens is 394 g/mol. The van der Waals surface area contributed by atoms with Crippen molar-refractivity contribution in [1.29, 1.82) is 0 Å². The zero-order valence-corrected chi connectivity index (χ0v) is 20.5. The zero-order valence-electron chi connectivity index (χ0n) is 20.5. The van der Waals surface area contributed by atoms with Crippen LogP contribution in [0.25, 0.3) is 0 Å². The van der Waals surface area contributed by atoms with Crippen molar-refractivity contribution in [2.24, 2.45) is 35.0 Å². The molecule has 1 unspecified atom stereocenters. The molecule has 4 heteroatoms. The molecule has 1 heterocycles. The number of nitrogens with one attached hydrogen (secondary N) is 1. The number of hydrogen-bond donors (Lipinski definition) is 1. The van der Waals surface area contributed by atoms with Crippen molar-refractivity contribution in [3.8, 4) is 0 Å². The first-order valence-electron chi connectivity index (χ1n) is 13.8. The molecule has 0 aliphatic heterocycles. The van der Waals surface area contributed by atoms with Gasteiger partial charge >= 0.3 is 0 Å². The number of fused-ring (bicyclic) bond motifs is 1. The first kappa shape index (κ1) is 21.2. The third kappa shape index (κ3) is 3.64. The molecule has 1 amide bonds. The predicted octanol–water partition coefficient (Wildman–Crippen LogP) is 6.09. The van der Waals surface area contributed by atoms with Crippen molar-refractivity contribution in [3.05, 3.63) is 17.0 Å². The average molecular weight is 438 g/mol. The van der Waals surface area contributed by atoms with Gasteiger partial charge in [-0.15, -0.1) is 0 Å². The van der Waals surface area contributed by atoms with Crippen LogP contribution < -0.4 is 5.32 Å². The van der Waals surface area contributed by atoms with E-state index >= 15 is 0 Å². The summed E-state index contributed by atoms with van der Waals surface area (Å²) in [5, 5.41) is 8.70. The van der Waals surface area contributed by atoms with E-state index in [1.54, 1.807) is 0 Å². The molecule has 6 aliphatic carbocycles. The Bertz CT molecular complexity index is 844. The Hall–Kier alpha value is -1.32. The normalized spacial score (nSPS) is 36.8. The molecule has 4 nitrogen and oxygen atoms in total. The van der Waals surface area contributed by atoms with Gasteiger partial charge in [0.25, 0.3) is 5.91 Å². The molecule has 176 valence electrons. The van der Waals surface area contributed by atoms with Crippen molar-refractivity contribution in [3.63, 3.8) is 0 Å². The summed E-state index contributed by atoms with van der Waals surface area (Å²) in [6.45, 7) is 7.09. The highest BCUT2D eigenvalue weighted by Crippen LogP contribution is 2.53. The number of amides is 1. The standard InChI is InChI=1S/C28H43N3O/c1-28(2,3)21-9-10-24-23(16-21)26(30-31(24)22-7-5-4-6-8-22)27(32)29-25-19-12-17-11-18(14-19)15-20(25)13-17/h17-22,25H,4-16H2,1-3H3,(H,29,32). The highest BCUT2D eigenvalue weighted by molar-refractivity contribution is 5.94. The van der Waals surface area contributed by atoms with Crippen molar-refractivity contribution < 1.29 is 4.79 Å². The molecule has 4 bridgehead atoms. The zero-order chi connectivity index (χ0) is 22.0. The summed E-state index contributed by atoms with van der Waals surface area (Å²) >= 11 is 0. The molecule has 7 rings (SSSR count). The minimum atomic E-state index is 0.142. The van der Waals surface area contributed by atoms with Gasteiger partial charge in [0.1, 0.15) is 0 Å². The number of carbonyl (C=O) groups excluding carboxylic acids is 1. The minimum Gasteiger partial charge on any atom is -0.347 e. The fourth-order valence-electron chi connectivity index (χ4n) is 8.57. The maximum absolute atomic E-state index is 13.8. The van der Waals surface area contributed by atoms with E-state index in [0.717, 1.165) is 30.4 Å². The topological polar surface area (TPSA) is 46.9 Å². The van der Waals surface area contributed by atoms with Gasteiger partial charge < -0.3 is 5.32 Å². The van der Waals surface area contributed by atoms with Gasteiger partial charge in [-0.05, 0) is 99.2 Å². The Morgan fingerprint density at radius 2 is 1.59 bits per heavy atom. The van der Waals surface area contributed by atoms with E-state index in [0.29, 0.717) is 29.8 Å². The molecule has 5 fully saturated rings. The van der Waals surface area contributed by atoms with Crippen molar-refractivity contribution in [2.45, 2.75) is 116 Å². The van der Waals surface area contributed by atoms with Crippen molar-refractivity contribution in [2.75, 3.05) is 0 Å². The van der Waals surface area contributed by atoms with Gasteiger partial charge in [0.05, 0.1) is 6.04 Å². The van der Waals surface area contributed by atoms with Crippen LogP contribution in [-0.2, 0) is 12.8 Å². The third-order valence-electron chi connectivity index (χ3n) is 10.2. The predicted molar refractivity (Wildman–Crippen MR) is 128 cm³/mol. The van der Waals surface area contributed by atoms with E-state index in [-0.39, 0.29) is 11.3 Å². The Balaban J connectivity index is 1.29.